The smallest absolute Gasteiger partial charge is 0.270 e. The highest BCUT2D eigenvalue weighted by Gasteiger charge is 2.21. The first kappa shape index (κ1) is 20.0. The van der Waals surface area contributed by atoms with Crippen molar-refractivity contribution in [2.45, 2.75) is 13.3 Å². The van der Waals surface area contributed by atoms with Gasteiger partial charge in [0.1, 0.15) is 11.5 Å². The summed E-state index contributed by atoms with van der Waals surface area (Å²) in [6.45, 7) is 6.03. The number of anilines is 2. The molecule has 1 N–H and O–H groups in total. The van der Waals surface area contributed by atoms with Crippen LogP contribution in [0.1, 0.15) is 22.6 Å². The molecule has 2 aromatic rings. The molecule has 3 rings (SSSR count). The Morgan fingerprint density at radius 2 is 1.82 bits per heavy atom. The van der Waals surface area contributed by atoms with E-state index in [2.05, 4.69) is 25.1 Å². The summed E-state index contributed by atoms with van der Waals surface area (Å²) in [6, 6.07) is 8.23. The van der Waals surface area contributed by atoms with E-state index in [0.29, 0.717) is 24.8 Å². The maximum atomic E-state index is 13.1. The van der Waals surface area contributed by atoms with Gasteiger partial charge in [-0.2, -0.15) is 0 Å². The second-order valence-electron chi connectivity index (χ2n) is 6.75. The fourth-order valence-corrected chi connectivity index (χ4v) is 3.14. The number of aromatic nitrogens is 2. The van der Waals surface area contributed by atoms with Crippen LogP contribution in [0.4, 0.5) is 16.0 Å². The SMILES string of the molecule is COCCCNC(=O)c1cc(C)nc(N2CCN(c3ccc(F)cc3)CC2)n1. The second-order valence-corrected chi connectivity index (χ2v) is 6.75. The predicted molar refractivity (Wildman–Crippen MR) is 106 cm³/mol. The molecule has 2 heterocycles. The lowest BCUT2D eigenvalue weighted by atomic mass is 10.2. The van der Waals surface area contributed by atoms with Crippen molar-refractivity contribution < 1.29 is 13.9 Å². The number of carbonyl (C=O) groups excluding carboxylic acids is 1. The number of benzene rings is 1. The first-order valence-corrected chi connectivity index (χ1v) is 9.45. The Morgan fingerprint density at radius 1 is 1.14 bits per heavy atom. The minimum absolute atomic E-state index is 0.201. The van der Waals surface area contributed by atoms with Crippen LogP contribution in [0.25, 0.3) is 0 Å². The van der Waals surface area contributed by atoms with E-state index in [1.54, 1.807) is 25.3 Å². The molecule has 8 heteroatoms. The molecule has 0 radical (unpaired) electrons. The third-order valence-corrected chi connectivity index (χ3v) is 4.64. The molecule has 150 valence electrons. The highest BCUT2D eigenvalue weighted by Crippen LogP contribution is 2.19. The van der Waals surface area contributed by atoms with Gasteiger partial charge in [0.05, 0.1) is 0 Å². The Balaban J connectivity index is 1.62. The summed E-state index contributed by atoms with van der Waals surface area (Å²) in [5, 5.41) is 2.86. The van der Waals surface area contributed by atoms with Gasteiger partial charge in [0.15, 0.2) is 0 Å². The maximum absolute atomic E-state index is 13.1. The lowest BCUT2D eigenvalue weighted by Crippen LogP contribution is -2.47. The first-order valence-electron chi connectivity index (χ1n) is 9.45. The molecule has 28 heavy (non-hydrogen) atoms. The largest absolute Gasteiger partial charge is 0.385 e. The van der Waals surface area contributed by atoms with E-state index in [1.807, 2.05) is 6.92 Å². The van der Waals surface area contributed by atoms with Crippen LogP contribution in [0.15, 0.2) is 30.3 Å². The number of ether oxygens (including phenoxy) is 1. The van der Waals surface area contributed by atoms with E-state index in [4.69, 9.17) is 4.74 Å². The van der Waals surface area contributed by atoms with E-state index in [9.17, 15) is 9.18 Å². The number of amides is 1. The summed E-state index contributed by atoms with van der Waals surface area (Å²) in [5.41, 5.74) is 2.14. The van der Waals surface area contributed by atoms with Gasteiger partial charge in [-0.05, 0) is 43.7 Å². The molecule has 1 aliphatic heterocycles. The lowest BCUT2D eigenvalue weighted by Gasteiger charge is -2.36. The van der Waals surface area contributed by atoms with E-state index in [0.717, 1.165) is 44.0 Å². The topological polar surface area (TPSA) is 70.6 Å². The van der Waals surface area contributed by atoms with Crippen LogP contribution in [0, 0.1) is 12.7 Å². The summed E-state index contributed by atoms with van der Waals surface area (Å²) < 4.78 is 18.1. The summed E-state index contributed by atoms with van der Waals surface area (Å²) in [6.07, 6.45) is 0.754. The van der Waals surface area contributed by atoms with Crippen LogP contribution in [-0.2, 0) is 4.74 Å². The van der Waals surface area contributed by atoms with Gasteiger partial charge in [0.2, 0.25) is 5.95 Å². The number of rotatable bonds is 7. The minimum Gasteiger partial charge on any atom is -0.385 e. The highest BCUT2D eigenvalue weighted by molar-refractivity contribution is 5.92. The van der Waals surface area contributed by atoms with E-state index >= 15 is 0 Å². The zero-order valence-electron chi connectivity index (χ0n) is 16.3. The molecule has 1 amide bonds. The number of piperazine rings is 1. The van der Waals surface area contributed by atoms with Gasteiger partial charge in [-0.1, -0.05) is 0 Å². The van der Waals surface area contributed by atoms with Crippen molar-refractivity contribution in [1.29, 1.82) is 0 Å². The summed E-state index contributed by atoms with van der Waals surface area (Å²) >= 11 is 0. The van der Waals surface area contributed by atoms with E-state index in [1.165, 1.54) is 12.1 Å². The lowest BCUT2D eigenvalue weighted by molar-refractivity contribution is 0.0943. The number of nitrogens with zero attached hydrogens (tertiary/aromatic N) is 4. The van der Waals surface area contributed by atoms with Crippen molar-refractivity contribution in [1.82, 2.24) is 15.3 Å². The standard InChI is InChI=1S/C20H26FN5O2/c1-15-14-18(19(27)22-8-3-13-28-2)24-20(23-15)26-11-9-25(10-12-26)17-6-4-16(21)5-7-17/h4-7,14H,3,8-13H2,1-2H3,(H,22,27). The molecule has 0 spiro atoms. The Morgan fingerprint density at radius 3 is 2.50 bits per heavy atom. The molecular formula is C20H26FN5O2. The van der Waals surface area contributed by atoms with Crippen LogP contribution in [-0.4, -0.2) is 62.3 Å². The van der Waals surface area contributed by atoms with Gasteiger partial charge in [0, 0.05) is 57.8 Å². The fourth-order valence-electron chi connectivity index (χ4n) is 3.14. The van der Waals surface area contributed by atoms with Crippen molar-refractivity contribution in [3.05, 3.63) is 47.5 Å². The van der Waals surface area contributed by atoms with Crippen molar-refractivity contribution in [3.8, 4) is 0 Å². The van der Waals surface area contributed by atoms with E-state index in [-0.39, 0.29) is 11.7 Å². The van der Waals surface area contributed by atoms with Gasteiger partial charge in [0.25, 0.3) is 5.91 Å². The number of aryl methyl sites for hydroxylation is 1. The van der Waals surface area contributed by atoms with Gasteiger partial charge in [-0.15, -0.1) is 0 Å². The summed E-state index contributed by atoms with van der Waals surface area (Å²) in [7, 11) is 1.64. The Hall–Kier alpha value is -2.74. The Bertz CT molecular complexity index is 792. The average molecular weight is 387 g/mol. The normalized spacial score (nSPS) is 14.2. The van der Waals surface area contributed by atoms with Crippen LogP contribution in [0.5, 0.6) is 0 Å². The number of methoxy groups -OCH3 is 1. The van der Waals surface area contributed by atoms with Gasteiger partial charge < -0.3 is 19.9 Å². The molecule has 1 fully saturated rings. The third-order valence-electron chi connectivity index (χ3n) is 4.64. The van der Waals surface area contributed by atoms with Crippen molar-refractivity contribution in [3.63, 3.8) is 0 Å². The second kappa shape index (κ2) is 9.45. The van der Waals surface area contributed by atoms with E-state index < -0.39 is 0 Å². The minimum atomic E-state index is -0.233. The summed E-state index contributed by atoms with van der Waals surface area (Å²) in [5.74, 6) is 0.136. The van der Waals surface area contributed by atoms with Gasteiger partial charge >= 0.3 is 0 Å². The Kier molecular flexibility index (Phi) is 6.76. The average Bonchev–Trinajstić information content (AvgIpc) is 2.71. The molecule has 0 bridgehead atoms. The fraction of sp³-hybridized carbons (Fsp3) is 0.450. The molecule has 7 nitrogen and oxygen atoms in total. The molecule has 0 atom stereocenters. The third kappa shape index (κ3) is 5.16. The molecule has 0 aliphatic carbocycles. The quantitative estimate of drug-likeness (QED) is 0.733. The van der Waals surface area contributed by atoms with Crippen LogP contribution < -0.4 is 15.1 Å². The maximum Gasteiger partial charge on any atom is 0.270 e. The molecular weight excluding hydrogens is 361 g/mol. The van der Waals surface area contributed by atoms with Crippen LogP contribution in [0.2, 0.25) is 0 Å². The predicted octanol–water partition coefficient (Wildman–Crippen LogP) is 2.02. The monoisotopic (exact) mass is 387 g/mol. The molecule has 0 saturated carbocycles. The van der Waals surface area contributed by atoms with Crippen LogP contribution in [0.3, 0.4) is 0 Å². The highest BCUT2D eigenvalue weighted by atomic mass is 19.1. The zero-order valence-corrected chi connectivity index (χ0v) is 16.3. The van der Waals surface area contributed by atoms with Gasteiger partial charge in [-0.3, -0.25) is 4.79 Å². The number of hydrogen-bond acceptors (Lipinski definition) is 6. The number of halogens is 1. The molecule has 1 aliphatic rings. The zero-order chi connectivity index (χ0) is 19.9. The molecule has 1 aromatic heterocycles. The van der Waals surface area contributed by atoms with Crippen molar-refractivity contribution in [2.75, 3.05) is 56.2 Å². The van der Waals surface area contributed by atoms with Gasteiger partial charge in [-0.25, -0.2) is 14.4 Å². The molecule has 0 unspecified atom stereocenters. The first-order chi connectivity index (χ1) is 13.6. The van der Waals surface area contributed by atoms with Crippen LogP contribution >= 0.6 is 0 Å². The summed E-state index contributed by atoms with van der Waals surface area (Å²) in [4.78, 5) is 25.6. The molecule has 1 aromatic carbocycles. The number of carbonyl (C=O) groups is 1. The van der Waals surface area contributed by atoms with Crippen molar-refractivity contribution >= 4 is 17.5 Å². The Labute approximate surface area is 164 Å². The number of nitrogens with one attached hydrogen (secondary N) is 1. The molecule has 1 saturated heterocycles. The van der Waals surface area contributed by atoms with Crippen molar-refractivity contribution in [2.24, 2.45) is 0 Å². The number of hydrogen-bond donors (Lipinski definition) is 1.